The maximum Gasteiger partial charge on any atom is 0.153 e. The predicted octanol–water partition coefficient (Wildman–Crippen LogP) is 2.85. The smallest absolute Gasteiger partial charge is 0.153 e. The molecule has 0 aliphatic rings. The highest BCUT2D eigenvalue weighted by Gasteiger charge is 2.10. The number of nitrogens with one attached hydrogen (secondary N) is 2. The minimum Gasteiger partial charge on any atom is -0.460 e. The summed E-state index contributed by atoms with van der Waals surface area (Å²) in [4.78, 5) is 4.43. The highest BCUT2D eigenvalue weighted by molar-refractivity contribution is 5.56. The SMILES string of the molecule is Cc1ccc(-c2[nH]ncc2CNCc2ccc(-n3cccn3)nc2)o1. The molecule has 0 saturated heterocycles. The van der Waals surface area contributed by atoms with Gasteiger partial charge in [0.1, 0.15) is 11.5 Å². The lowest BCUT2D eigenvalue weighted by Crippen LogP contribution is -2.13. The molecule has 2 N–H and O–H groups in total. The average Bonchev–Trinajstić information content (AvgIpc) is 3.37. The summed E-state index contributed by atoms with van der Waals surface area (Å²) >= 11 is 0. The molecule has 0 fully saturated rings. The molecular formula is C18H18N6O. The Labute approximate surface area is 144 Å². The van der Waals surface area contributed by atoms with Crippen molar-refractivity contribution in [2.24, 2.45) is 0 Å². The van der Waals surface area contributed by atoms with E-state index in [1.54, 1.807) is 10.9 Å². The van der Waals surface area contributed by atoms with Crippen LogP contribution in [0.1, 0.15) is 16.9 Å². The molecule has 0 saturated carbocycles. The lowest BCUT2D eigenvalue weighted by molar-refractivity contribution is 0.545. The molecule has 0 aromatic carbocycles. The zero-order valence-electron chi connectivity index (χ0n) is 13.8. The van der Waals surface area contributed by atoms with Crippen LogP contribution in [0.15, 0.2) is 59.5 Å². The van der Waals surface area contributed by atoms with Gasteiger partial charge in [0.05, 0.1) is 6.20 Å². The van der Waals surface area contributed by atoms with Crippen molar-refractivity contribution >= 4 is 0 Å². The Kier molecular flexibility index (Phi) is 4.14. The fourth-order valence-corrected chi connectivity index (χ4v) is 2.63. The van der Waals surface area contributed by atoms with Crippen LogP contribution in [0.4, 0.5) is 0 Å². The van der Waals surface area contributed by atoms with E-state index in [2.05, 4.69) is 25.6 Å². The molecule has 0 aliphatic carbocycles. The largest absolute Gasteiger partial charge is 0.460 e. The number of aryl methyl sites for hydroxylation is 1. The van der Waals surface area contributed by atoms with Crippen LogP contribution in [0.3, 0.4) is 0 Å². The first-order valence-corrected chi connectivity index (χ1v) is 8.04. The summed E-state index contributed by atoms with van der Waals surface area (Å²) < 4.78 is 7.40. The quantitative estimate of drug-likeness (QED) is 0.566. The first-order valence-electron chi connectivity index (χ1n) is 8.04. The lowest BCUT2D eigenvalue weighted by atomic mass is 10.2. The van der Waals surface area contributed by atoms with Gasteiger partial charge in [-0.3, -0.25) is 5.10 Å². The van der Waals surface area contributed by atoms with Gasteiger partial charge in [0.15, 0.2) is 11.6 Å². The molecule has 7 nitrogen and oxygen atoms in total. The van der Waals surface area contributed by atoms with Gasteiger partial charge in [0.2, 0.25) is 0 Å². The summed E-state index contributed by atoms with van der Waals surface area (Å²) in [6.45, 7) is 3.33. The molecule has 0 spiro atoms. The van der Waals surface area contributed by atoms with Crippen LogP contribution in [0.2, 0.25) is 0 Å². The molecule has 7 heteroatoms. The number of pyridine rings is 1. The zero-order chi connectivity index (χ0) is 17.1. The summed E-state index contributed by atoms with van der Waals surface area (Å²) in [6, 6.07) is 9.77. The Bertz CT molecular complexity index is 936. The average molecular weight is 334 g/mol. The number of H-pyrrole nitrogens is 1. The van der Waals surface area contributed by atoms with Crippen LogP contribution in [0, 0.1) is 6.92 Å². The zero-order valence-corrected chi connectivity index (χ0v) is 13.8. The van der Waals surface area contributed by atoms with Gasteiger partial charge < -0.3 is 9.73 Å². The third-order valence-electron chi connectivity index (χ3n) is 3.90. The Hall–Kier alpha value is -3.19. The van der Waals surface area contributed by atoms with Gasteiger partial charge in [-0.2, -0.15) is 10.2 Å². The maximum atomic E-state index is 5.66. The van der Waals surface area contributed by atoms with E-state index >= 15 is 0 Å². The molecule has 126 valence electrons. The number of hydrogen-bond acceptors (Lipinski definition) is 5. The van der Waals surface area contributed by atoms with E-state index in [-0.39, 0.29) is 0 Å². The normalized spacial score (nSPS) is 11.1. The van der Waals surface area contributed by atoms with Gasteiger partial charge in [-0.05, 0) is 36.8 Å². The Morgan fingerprint density at radius 1 is 1.16 bits per heavy atom. The van der Waals surface area contributed by atoms with Crippen molar-refractivity contribution in [1.29, 1.82) is 0 Å². The van der Waals surface area contributed by atoms with E-state index in [1.165, 1.54) is 0 Å². The van der Waals surface area contributed by atoms with Gasteiger partial charge in [0, 0.05) is 37.2 Å². The molecule has 0 unspecified atom stereocenters. The first-order chi connectivity index (χ1) is 12.3. The summed E-state index contributed by atoms with van der Waals surface area (Å²) in [5.41, 5.74) is 3.08. The second-order valence-electron chi connectivity index (χ2n) is 5.76. The molecular weight excluding hydrogens is 316 g/mol. The Balaban J connectivity index is 1.38. The minimum atomic E-state index is 0.687. The third-order valence-corrected chi connectivity index (χ3v) is 3.90. The van der Waals surface area contributed by atoms with Crippen molar-refractivity contribution in [3.05, 3.63) is 72.0 Å². The number of hydrogen-bond donors (Lipinski definition) is 2. The predicted molar refractivity (Wildman–Crippen MR) is 92.9 cm³/mol. The van der Waals surface area contributed by atoms with Crippen LogP contribution in [0.25, 0.3) is 17.3 Å². The van der Waals surface area contributed by atoms with Crippen LogP contribution in [0.5, 0.6) is 0 Å². The second kappa shape index (κ2) is 6.74. The number of nitrogens with zero attached hydrogens (tertiary/aromatic N) is 4. The van der Waals surface area contributed by atoms with Crippen molar-refractivity contribution < 1.29 is 4.42 Å². The van der Waals surface area contributed by atoms with Crippen molar-refractivity contribution in [2.45, 2.75) is 20.0 Å². The number of furan rings is 1. The van der Waals surface area contributed by atoms with E-state index in [1.807, 2.05) is 55.8 Å². The molecule has 0 bridgehead atoms. The van der Waals surface area contributed by atoms with Crippen molar-refractivity contribution in [1.82, 2.24) is 30.3 Å². The third kappa shape index (κ3) is 3.36. The van der Waals surface area contributed by atoms with Crippen molar-refractivity contribution in [2.75, 3.05) is 0 Å². The first kappa shape index (κ1) is 15.3. The van der Waals surface area contributed by atoms with Crippen LogP contribution in [-0.4, -0.2) is 25.0 Å². The van der Waals surface area contributed by atoms with Crippen LogP contribution >= 0.6 is 0 Å². The van der Waals surface area contributed by atoms with Gasteiger partial charge in [-0.15, -0.1) is 0 Å². The van der Waals surface area contributed by atoms with Gasteiger partial charge >= 0.3 is 0 Å². The highest BCUT2D eigenvalue weighted by Crippen LogP contribution is 2.23. The van der Waals surface area contributed by atoms with Gasteiger partial charge in [-0.1, -0.05) is 6.07 Å². The summed E-state index contributed by atoms with van der Waals surface area (Å²) in [5.74, 6) is 2.49. The molecule has 0 amide bonds. The molecule has 4 aromatic rings. The minimum absolute atomic E-state index is 0.687. The highest BCUT2D eigenvalue weighted by atomic mass is 16.3. The topological polar surface area (TPSA) is 84.6 Å². The Morgan fingerprint density at radius 3 is 2.84 bits per heavy atom. The van der Waals surface area contributed by atoms with Crippen molar-refractivity contribution in [3.63, 3.8) is 0 Å². The lowest BCUT2D eigenvalue weighted by Gasteiger charge is -2.06. The maximum absolute atomic E-state index is 5.66. The van der Waals surface area contributed by atoms with E-state index in [9.17, 15) is 0 Å². The summed E-state index contributed by atoms with van der Waals surface area (Å²) in [5, 5.41) is 14.7. The Morgan fingerprint density at radius 2 is 2.12 bits per heavy atom. The number of aromatic nitrogens is 5. The molecule has 0 atom stereocenters. The standard InChI is InChI=1S/C18H18N6O/c1-13-3-5-16(25-13)18-15(12-21-23-18)11-19-9-14-4-6-17(20-10-14)24-8-2-7-22-24/h2-8,10,12,19H,9,11H2,1H3,(H,21,23). The number of rotatable bonds is 6. The molecule has 0 aliphatic heterocycles. The van der Waals surface area contributed by atoms with Crippen LogP contribution < -0.4 is 5.32 Å². The van der Waals surface area contributed by atoms with E-state index in [0.29, 0.717) is 13.1 Å². The van der Waals surface area contributed by atoms with E-state index in [0.717, 1.165) is 34.2 Å². The molecule has 25 heavy (non-hydrogen) atoms. The van der Waals surface area contributed by atoms with E-state index in [4.69, 9.17) is 4.42 Å². The number of aromatic amines is 1. The summed E-state index contributed by atoms with van der Waals surface area (Å²) in [6.07, 6.45) is 7.28. The van der Waals surface area contributed by atoms with Gasteiger partial charge in [0.25, 0.3) is 0 Å². The molecule has 4 rings (SSSR count). The van der Waals surface area contributed by atoms with Gasteiger partial charge in [-0.25, -0.2) is 9.67 Å². The molecule has 4 heterocycles. The van der Waals surface area contributed by atoms with Crippen molar-refractivity contribution in [3.8, 4) is 17.3 Å². The summed E-state index contributed by atoms with van der Waals surface area (Å²) in [7, 11) is 0. The van der Waals surface area contributed by atoms with Crippen LogP contribution in [-0.2, 0) is 13.1 Å². The fourth-order valence-electron chi connectivity index (χ4n) is 2.63. The monoisotopic (exact) mass is 334 g/mol. The fraction of sp³-hybridized carbons (Fsp3) is 0.167. The molecule has 0 radical (unpaired) electrons. The second-order valence-corrected chi connectivity index (χ2v) is 5.76. The molecule has 4 aromatic heterocycles. The van der Waals surface area contributed by atoms with E-state index < -0.39 is 0 Å².